The number of carboxylic acids is 1. The molecule has 0 aliphatic heterocycles. The summed E-state index contributed by atoms with van der Waals surface area (Å²) in [5, 5.41) is 13.6. The second kappa shape index (κ2) is 7.04. The fourth-order valence-corrected chi connectivity index (χ4v) is 3.19. The minimum absolute atomic E-state index is 0. The van der Waals surface area contributed by atoms with Gasteiger partial charge in [0.15, 0.2) is 0 Å². The van der Waals surface area contributed by atoms with Crippen molar-refractivity contribution in [3.05, 3.63) is 56.1 Å². The zero-order valence-electron chi connectivity index (χ0n) is 17.3. The molecule has 0 bridgehead atoms. The van der Waals surface area contributed by atoms with E-state index in [2.05, 4.69) is 5.32 Å². The van der Waals surface area contributed by atoms with Gasteiger partial charge in [0.2, 0.25) is 0 Å². The lowest BCUT2D eigenvalue weighted by molar-refractivity contribution is -0.138. The van der Waals surface area contributed by atoms with Crippen molar-refractivity contribution in [1.29, 1.82) is 0 Å². The zero-order chi connectivity index (χ0) is 21.1. The van der Waals surface area contributed by atoms with Crippen LogP contribution in [0.25, 0.3) is 0 Å². The molecule has 5 heteroatoms. The van der Waals surface area contributed by atoms with Crippen LogP contribution in [0.2, 0.25) is 10.0 Å². The first-order chi connectivity index (χ1) is 12.5. The number of carboxylic acid groups (broad SMARTS) is 1. The van der Waals surface area contributed by atoms with E-state index in [-0.39, 0.29) is 9.99 Å². The molecule has 24 heavy (non-hydrogen) atoms. The van der Waals surface area contributed by atoms with E-state index in [1.54, 1.807) is 12.1 Å². The number of carbonyl (C=O) groups is 1. The Kier molecular flexibility index (Phi) is 4.63. The predicted octanol–water partition coefficient (Wildman–Crippen LogP) is 8.13. The van der Waals surface area contributed by atoms with Crippen LogP contribution in [-0.4, -0.2) is 11.1 Å². The van der Waals surface area contributed by atoms with E-state index in [1.807, 2.05) is 33.8 Å². The monoisotopic (exact) mass is 384 g/mol. The second-order valence-corrected chi connectivity index (χ2v) is 6.69. The van der Waals surface area contributed by atoms with Crippen molar-refractivity contribution < 1.29 is 24.2 Å². The largest absolute Gasteiger partial charge is 0.481 e. The fourth-order valence-electron chi connectivity index (χ4n) is 2.58. The summed E-state index contributed by atoms with van der Waals surface area (Å²) < 4.78 is 18.2. The molecule has 144 valence electrons. The van der Waals surface area contributed by atoms with Gasteiger partial charge in [-0.25, -0.2) is 0 Å². The molecule has 0 aliphatic rings. The van der Waals surface area contributed by atoms with Gasteiger partial charge < -0.3 is 10.4 Å². The van der Waals surface area contributed by atoms with Gasteiger partial charge >= 0.3 is 5.97 Å². The maximum atomic E-state index is 11.6. The number of rotatable bonds is 4. The Morgan fingerprint density at radius 3 is 2.25 bits per heavy atom. The van der Waals surface area contributed by atoms with Gasteiger partial charge in [-0.15, -0.1) is 0 Å². The lowest BCUT2D eigenvalue weighted by Crippen LogP contribution is -2.11. The number of benzene rings is 2. The van der Waals surface area contributed by atoms with Crippen LogP contribution in [0.5, 0.6) is 0 Å². The van der Waals surface area contributed by atoms with E-state index in [0.717, 1.165) is 22.3 Å². The molecule has 0 fully saturated rings. The van der Waals surface area contributed by atoms with E-state index in [0.29, 0.717) is 27.0 Å². The van der Waals surface area contributed by atoms with Crippen molar-refractivity contribution in [2.75, 3.05) is 5.32 Å². The Morgan fingerprint density at radius 2 is 1.75 bits per heavy atom. The van der Waals surface area contributed by atoms with E-state index in [1.165, 1.54) is 6.92 Å². The summed E-state index contributed by atoms with van der Waals surface area (Å²) in [6, 6.07) is 5.21. The van der Waals surface area contributed by atoms with Gasteiger partial charge in [0, 0.05) is 20.0 Å². The molecule has 1 atom stereocenters. The summed E-state index contributed by atoms with van der Waals surface area (Å²) in [7, 11) is 0. The Bertz CT molecular complexity index is 858. The van der Waals surface area contributed by atoms with Crippen molar-refractivity contribution >= 4 is 40.5 Å². The maximum Gasteiger partial charge on any atom is 0.310 e. The van der Waals surface area contributed by atoms with Crippen LogP contribution in [-0.2, 0) is 4.79 Å². The molecule has 2 aromatic rings. The van der Waals surface area contributed by atoms with Gasteiger partial charge in [0.05, 0.1) is 21.6 Å². The number of hydrogen-bond acceptors (Lipinski definition) is 2. The molecule has 3 nitrogen and oxygen atoms in total. The highest BCUT2D eigenvalue weighted by atomic mass is 35.5. The van der Waals surface area contributed by atoms with Crippen molar-refractivity contribution in [1.82, 2.24) is 0 Å². The first-order valence-electron chi connectivity index (χ1n) is 9.05. The van der Waals surface area contributed by atoms with Crippen LogP contribution in [0.3, 0.4) is 0 Å². The van der Waals surface area contributed by atoms with E-state index < -0.39 is 11.9 Å². The van der Waals surface area contributed by atoms with Crippen LogP contribution in [0.15, 0.2) is 18.2 Å². The average Bonchev–Trinajstić information content (AvgIpc) is 2.64. The van der Waals surface area contributed by atoms with Gasteiger partial charge in [-0.2, -0.15) is 0 Å². The van der Waals surface area contributed by atoms with Gasteiger partial charge in [-0.1, -0.05) is 41.4 Å². The second-order valence-electron chi connectivity index (χ2n) is 5.93. The predicted molar refractivity (Wildman–Crippen MR) is 118 cm³/mol. The molecule has 0 aliphatic carbocycles. The molecule has 2 aromatic carbocycles. The summed E-state index contributed by atoms with van der Waals surface area (Å²) in [6.45, 7) is 8.98. The first-order valence-corrected chi connectivity index (χ1v) is 8.31. The minimum Gasteiger partial charge on any atom is -0.481 e. The SMILES string of the molecule is [2H]C(C)(C(=O)O)c1cccc(C)c1Nc1c(Cl)c(C)c(C)c(C)c1Cl.[2H][2H].[HH].[HH].[HH].[HH].[HH].[HH].[HH]. The zero-order valence-corrected chi connectivity index (χ0v) is 15.9. The highest BCUT2D eigenvalue weighted by Crippen LogP contribution is 2.41. The molecule has 0 radical (unpaired) electrons. The number of nitrogens with one attached hydrogen (secondary N) is 1. The van der Waals surface area contributed by atoms with Gasteiger partial charge in [-0.3, -0.25) is 4.79 Å². The van der Waals surface area contributed by atoms with E-state index in [4.69, 9.17) is 27.5 Å². The standard InChI is InChI=1S/C19H21Cl2NO2.8H2/c1-9-7-6-8-14(13(5)19(23)24)17(9)22-18-15(20)11(3)10(2)12(4)16(18)21;;;;;;;;/h6-8,13,22H,1-5H3,(H,23,24);8*1H/i13D;1+1D;;;;;;;. The first kappa shape index (κ1) is 15.8. The van der Waals surface area contributed by atoms with E-state index in [9.17, 15) is 9.90 Å². The molecule has 2 rings (SSSR count). The maximum absolute atomic E-state index is 11.6. The number of anilines is 2. The van der Waals surface area contributed by atoms with Gasteiger partial charge in [-0.05, 0) is 62.4 Å². The number of para-hydroxylation sites is 1. The minimum atomic E-state index is -1.80. The van der Waals surface area contributed by atoms with Crippen LogP contribution < -0.4 is 5.32 Å². The van der Waals surface area contributed by atoms with Crippen molar-refractivity contribution in [2.24, 2.45) is 0 Å². The summed E-state index contributed by atoms with van der Waals surface area (Å²) in [5.74, 6) is -3.03. The highest BCUT2D eigenvalue weighted by Gasteiger charge is 2.21. The third kappa shape index (κ3) is 3.24. The summed E-state index contributed by atoms with van der Waals surface area (Å²) in [5.41, 5.74) is 5.06. The van der Waals surface area contributed by atoms with Crippen molar-refractivity contribution in [3.63, 3.8) is 0 Å². The number of aryl methyl sites for hydroxylation is 1. The third-order valence-corrected chi connectivity index (χ3v) is 5.41. The number of halogens is 2. The Labute approximate surface area is 167 Å². The molecule has 2 N–H and O–H groups in total. The van der Waals surface area contributed by atoms with Crippen molar-refractivity contribution in [3.8, 4) is 0 Å². The average molecular weight is 385 g/mol. The molecular weight excluding hydrogens is 345 g/mol. The molecule has 0 amide bonds. The van der Waals surface area contributed by atoms with Gasteiger partial charge in [0.1, 0.15) is 0 Å². The number of hydrogen-bond donors (Lipinski definition) is 2. The molecule has 1 unspecified atom stereocenters. The van der Waals surface area contributed by atoms with Crippen LogP contribution in [0.4, 0.5) is 11.4 Å². The topological polar surface area (TPSA) is 49.3 Å². The number of aliphatic carboxylic acids is 1. The molecule has 0 spiro atoms. The van der Waals surface area contributed by atoms with Crippen LogP contribution in [0.1, 0.15) is 55.0 Å². The highest BCUT2D eigenvalue weighted by molar-refractivity contribution is 6.40. The quantitative estimate of drug-likeness (QED) is 0.558. The van der Waals surface area contributed by atoms with E-state index >= 15 is 0 Å². The summed E-state index contributed by atoms with van der Waals surface area (Å²) in [4.78, 5) is 11.6. The summed E-state index contributed by atoms with van der Waals surface area (Å²) >= 11 is 13.0. The molecule has 0 heterocycles. The Balaban J connectivity index is -0.000000158. The fraction of sp³-hybridized carbons (Fsp3) is 0.316. The smallest absolute Gasteiger partial charge is 0.310 e. The van der Waals surface area contributed by atoms with Crippen molar-refractivity contribution in [2.45, 2.75) is 40.5 Å². The summed E-state index contributed by atoms with van der Waals surface area (Å²) in [6.07, 6.45) is 0. The normalized spacial score (nSPS) is 14.4. The molecule has 0 saturated heterocycles. The lowest BCUT2D eigenvalue weighted by Gasteiger charge is -2.21. The lowest BCUT2D eigenvalue weighted by atomic mass is 9.96. The third-order valence-electron chi connectivity index (χ3n) is 4.47. The molecular formula is C19H37Cl2NO2. The molecule has 0 aromatic heterocycles. The Hall–Kier alpha value is -1.71. The van der Waals surface area contributed by atoms with Crippen LogP contribution in [0, 0.1) is 27.7 Å². The van der Waals surface area contributed by atoms with Crippen LogP contribution >= 0.6 is 23.2 Å². The Morgan fingerprint density at radius 1 is 1.21 bits per heavy atom. The van der Waals surface area contributed by atoms with Gasteiger partial charge in [0.25, 0.3) is 0 Å². The molecule has 0 saturated carbocycles.